The fraction of sp³-hybridized carbons (Fsp3) is 0.115. The van der Waals surface area contributed by atoms with Gasteiger partial charge in [0.15, 0.2) is 11.5 Å². The molecule has 0 aliphatic rings. The molecule has 172 valence electrons. The third-order valence-electron chi connectivity index (χ3n) is 4.97. The summed E-state index contributed by atoms with van der Waals surface area (Å²) in [7, 11) is 0. The van der Waals surface area contributed by atoms with Crippen LogP contribution >= 0.6 is 34.2 Å². The highest BCUT2D eigenvalue weighted by Crippen LogP contribution is 2.35. The summed E-state index contributed by atoms with van der Waals surface area (Å²) in [6, 6.07) is 21.4. The van der Waals surface area contributed by atoms with Gasteiger partial charge in [-0.05, 0) is 75.7 Å². The first-order chi connectivity index (χ1) is 16.6. The first-order valence-electron chi connectivity index (χ1n) is 10.6. The zero-order chi connectivity index (χ0) is 23.9. The molecular formula is C26H21ClIN3O3. The number of carbonyl (C=O) groups is 1. The van der Waals surface area contributed by atoms with Crippen molar-refractivity contribution in [3.05, 3.63) is 98.3 Å². The van der Waals surface area contributed by atoms with Crippen LogP contribution in [0, 0.1) is 3.57 Å². The van der Waals surface area contributed by atoms with Gasteiger partial charge in [-0.15, -0.1) is 0 Å². The number of nitrogens with zero attached hydrogens (tertiary/aromatic N) is 2. The Morgan fingerprint density at radius 3 is 2.76 bits per heavy atom. The number of benzene rings is 3. The standard InChI is InChI=1S/C26H21ClIN3O3/c1-2-33-23-14-17(15-30-31-26(32)21-11-6-12-29-25(21)27)13-22(28)24(23)34-16-19-9-5-8-18-7-3-4-10-20(18)19/h3-15H,2,16H2,1H3,(H,31,32). The van der Waals surface area contributed by atoms with Crippen molar-refractivity contribution in [2.75, 3.05) is 6.61 Å². The molecular weight excluding hydrogens is 565 g/mol. The molecule has 4 aromatic rings. The molecule has 0 bridgehead atoms. The number of nitrogens with one attached hydrogen (secondary N) is 1. The van der Waals surface area contributed by atoms with E-state index < -0.39 is 5.91 Å². The average molecular weight is 586 g/mol. The third kappa shape index (κ3) is 5.66. The quantitative estimate of drug-likeness (QED) is 0.115. The lowest BCUT2D eigenvalue weighted by atomic mass is 10.1. The molecule has 0 fully saturated rings. The molecule has 0 saturated carbocycles. The Morgan fingerprint density at radius 1 is 1.12 bits per heavy atom. The van der Waals surface area contributed by atoms with Crippen LogP contribution in [0.1, 0.15) is 28.4 Å². The van der Waals surface area contributed by atoms with Gasteiger partial charge in [0.2, 0.25) is 0 Å². The molecule has 0 unspecified atom stereocenters. The predicted molar refractivity (Wildman–Crippen MR) is 143 cm³/mol. The number of hydrazone groups is 1. The van der Waals surface area contributed by atoms with E-state index in [9.17, 15) is 4.79 Å². The van der Waals surface area contributed by atoms with Crippen molar-refractivity contribution in [3.8, 4) is 11.5 Å². The third-order valence-corrected chi connectivity index (χ3v) is 6.07. The predicted octanol–water partition coefficient (Wildman–Crippen LogP) is 6.23. The Kier molecular flexibility index (Phi) is 7.97. The summed E-state index contributed by atoms with van der Waals surface area (Å²) in [5.74, 6) is 0.834. The highest BCUT2D eigenvalue weighted by molar-refractivity contribution is 14.1. The molecule has 0 atom stereocenters. The second-order valence-electron chi connectivity index (χ2n) is 7.23. The van der Waals surface area contributed by atoms with Crippen molar-refractivity contribution >= 4 is 57.1 Å². The lowest BCUT2D eigenvalue weighted by Crippen LogP contribution is -2.18. The van der Waals surface area contributed by atoms with Gasteiger partial charge in [0, 0.05) is 6.20 Å². The fourth-order valence-electron chi connectivity index (χ4n) is 3.41. The van der Waals surface area contributed by atoms with Gasteiger partial charge < -0.3 is 9.47 Å². The van der Waals surface area contributed by atoms with Gasteiger partial charge in [0.1, 0.15) is 11.8 Å². The van der Waals surface area contributed by atoms with E-state index >= 15 is 0 Å². The van der Waals surface area contributed by atoms with Gasteiger partial charge in [0.05, 0.1) is 22.0 Å². The largest absolute Gasteiger partial charge is 0.490 e. The fourth-order valence-corrected chi connectivity index (χ4v) is 4.40. The maximum absolute atomic E-state index is 12.3. The van der Waals surface area contributed by atoms with Crippen LogP contribution in [0.4, 0.5) is 0 Å². The Balaban J connectivity index is 1.51. The van der Waals surface area contributed by atoms with E-state index in [0.29, 0.717) is 24.7 Å². The molecule has 0 radical (unpaired) electrons. The molecule has 34 heavy (non-hydrogen) atoms. The summed E-state index contributed by atoms with van der Waals surface area (Å²) in [5, 5.41) is 6.50. The number of rotatable bonds is 8. The minimum Gasteiger partial charge on any atom is -0.490 e. The zero-order valence-electron chi connectivity index (χ0n) is 18.3. The molecule has 0 saturated heterocycles. The van der Waals surface area contributed by atoms with Crippen LogP contribution in [0.2, 0.25) is 5.15 Å². The molecule has 1 N–H and O–H groups in total. The normalized spacial score (nSPS) is 11.0. The lowest BCUT2D eigenvalue weighted by Gasteiger charge is -2.15. The topological polar surface area (TPSA) is 72.8 Å². The van der Waals surface area contributed by atoms with E-state index in [-0.39, 0.29) is 10.7 Å². The highest BCUT2D eigenvalue weighted by atomic mass is 127. The van der Waals surface area contributed by atoms with E-state index in [1.54, 1.807) is 18.3 Å². The highest BCUT2D eigenvalue weighted by Gasteiger charge is 2.13. The van der Waals surface area contributed by atoms with Gasteiger partial charge in [-0.25, -0.2) is 10.4 Å². The Hall–Kier alpha value is -3.17. The number of ether oxygens (including phenoxy) is 2. The van der Waals surface area contributed by atoms with E-state index in [1.807, 2.05) is 37.3 Å². The van der Waals surface area contributed by atoms with Crippen molar-refractivity contribution < 1.29 is 14.3 Å². The number of pyridine rings is 1. The zero-order valence-corrected chi connectivity index (χ0v) is 21.2. The van der Waals surface area contributed by atoms with E-state index in [2.05, 4.69) is 62.4 Å². The van der Waals surface area contributed by atoms with Crippen LogP contribution in [0.3, 0.4) is 0 Å². The van der Waals surface area contributed by atoms with Gasteiger partial charge in [0.25, 0.3) is 5.91 Å². The van der Waals surface area contributed by atoms with Crippen molar-refractivity contribution in [2.45, 2.75) is 13.5 Å². The number of carbonyl (C=O) groups excluding carboxylic acids is 1. The van der Waals surface area contributed by atoms with Crippen molar-refractivity contribution in [1.29, 1.82) is 0 Å². The minimum absolute atomic E-state index is 0.121. The van der Waals surface area contributed by atoms with Gasteiger partial charge in [-0.1, -0.05) is 54.1 Å². The number of fused-ring (bicyclic) bond motifs is 1. The Labute approximate surface area is 216 Å². The second-order valence-corrected chi connectivity index (χ2v) is 8.75. The van der Waals surface area contributed by atoms with Crippen molar-refractivity contribution in [2.24, 2.45) is 5.10 Å². The Bertz CT molecular complexity index is 1360. The molecule has 1 heterocycles. The molecule has 3 aromatic carbocycles. The minimum atomic E-state index is -0.441. The number of aromatic nitrogens is 1. The van der Waals surface area contributed by atoms with Crippen molar-refractivity contribution in [3.63, 3.8) is 0 Å². The maximum Gasteiger partial charge on any atom is 0.274 e. The van der Waals surface area contributed by atoms with Crippen LogP contribution in [0.15, 0.2) is 78.0 Å². The Morgan fingerprint density at radius 2 is 1.94 bits per heavy atom. The molecule has 6 nitrogen and oxygen atoms in total. The van der Waals surface area contributed by atoms with Crippen LogP contribution in [0.25, 0.3) is 10.8 Å². The smallest absolute Gasteiger partial charge is 0.274 e. The summed E-state index contributed by atoms with van der Waals surface area (Å²) in [4.78, 5) is 16.2. The SMILES string of the molecule is CCOc1cc(C=NNC(=O)c2cccnc2Cl)cc(I)c1OCc1cccc2ccccc12. The second kappa shape index (κ2) is 11.3. The summed E-state index contributed by atoms with van der Waals surface area (Å²) in [6.45, 7) is 2.81. The van der Waals surface area contributed by atoms with Crippen LogP contribution in [-0.4, -0.2) is 23.7 Å². The van der Waals surface area contributed by atoms with Crippen LogP contribution < -0.4 is 14.9 Å². The van der Waals surface area contributed by atoms with Gasteiger partial charge in [-0.3, -0.25) is 4.79 Å². The average Bonchev–Trinajstić information content (AvgIpc) is 2.84. The summed E-state index contributed by atoms with van der Waals surface area (Å²) in [5.41, 5.74) is 4.57. The number of hydrogen-bond donors (Lipinski definition) is 1. The molecule has 0 spiro atoms. The summed E-state index contributed by atoms with van der Waals surface area (Å²) < 4.78 is 12.9. The van der Waals surface area contributed by atoms with E-state index in [0.717, 1.165) is 20.1 Å². The van der Waals surface area contributed by atoms with E-state index in [4.69, 9.17) is 21.1 Å². The molecule has 0 aliphatic heterocycles. The molecule has 0 aliphatic carbocycles. The monoisotopic (exact) mass is 585 g/mol. The lowest BCUT2D eigenvalue weighted by molar-refractivity contribution is 0.0955. The van der Waals surface area contributed by atoms with Crippen molar-refractivity contribution in [1.82, 2.24) is 10.4 Å². The van der Waals surface area contributed by atoms with E-state index in [1.165, 1.54) is 11.6 Å². The van der Waals surface area contributed by atoms with Gasteiger partial charge >= 0.3 is 0 Å². The van der Waals surface area contributed by atoms with Gasteiger partial charge in [-0.2, -0.15) is 5.10 Å². The first-order valence-corrected chi connectivity index (χ1v) is 12.0. The summed E-state index contributed by atoms with van der Waals surface area (Å²) in [6.07, 6.45) is 3.06. The maximum atomic E-state index is 12.3. The number of halogens is 2. The first kappa shape index (κ1) is 24.0. The number of amides is 1. The van der Waals surface area contributed by atoms with Crippen LogP contribution in [0.5, 0.6) is 11.5 Å². The molecule has 1 amide bonds. The molecule has 8 heteroatoms. The molecule has 1 aromatic heterocycles. The number of hydrogen-bond acceptors (Lipinski definition) is 5. The van der Waals surface area contributed by atoms with Crippen LogP contribution in [-0.2, 0) is 6.61 Å². The summed E-state index contributed by atoms with van der Waals surface area (Å²) >= 11 is 8.17. The molecule has 4 rings (SSSR count).